The molecule has 0 radical (unpaired) electrons. The van der Waals surface area contributed by atoms with Crippen LogP contribution < -0.4 is 16.2 Å². The van der Waals surface area contributed by atoms with Crippen molar-refractivity contribution in [2.24, 2.45) is 10.9 Å². The van der Waals surface area contributed by atoms with E-state index in [0.29, 0.717) is 0 Å². The van der Waals surface area contributed by atoms with Crippen LogP contribution in [-0.4, -0.2) is 19.6 Å². The second-order valence-corrected chi connectivity index (χ2v) is 4.71. The third-order valence-corrected chi connectivity index (χ3v) is 3.04. The van der Waals surface area contributed by atoms with E-state index in [1.54, 1.807) is 0 Å². The van der Waals surface area contributed by atoms with Crippen molar-refractivity contribution in [3.8, 4) is 5.75 Å². The first kappa shape index (κ1) is 12.6. The predicted molar refractivity (Wildman–Crippen MR) is 57.7 cm³/mol. The fourth-order valence-corrected chi connectivity index (χ4v) is 2.25. The van der Waals surface area contributed by atoms with Gasteiger partial charge in [-0.1, -0.05) is 11.6 Å². The van der Waals surface area contributed by atoms with Crippen LogP contribution in [0, 0.1) is 0 Å². The van der Waals surface area contributed by atoms with Gasteiger partial charge >= 0.3 is 6.03 Å². The number of primary amides is 1. The van der Waals surface area contributed by atoms with Crippen LogP contribution in [0.1, 0.15) is 0 Å². The normalized spacial score (nSPS) is 11.1. The highest BCUT2D eigenvalue weighted by Crippen LogP contribution is 2.35. The molecule has 0 fully saturated rings. The predicted octanol–water partition coefficient (Wildman–Crippen LogP) is 0.184. The minimum atomic E-state index is -4.20. The van der Waals surface area contributed by atoms with Gasteiger partial charge in [0, 0.05) is 0 Å². The van der Waals surface area contributed by atoms with Gasteiger partial charge in [0.25, 0.3) is 0 Å². The van der Waals surface area contributed by atoms with Crippen molar-refractivity contribution >= 4 is 33.3 Å². The van der Waals surface area contributed by atoms with E-state index >= 15 is 0 Å². The zero-order valence-corrected chi connectivity index (χ0v) is 9.34. The molecule has 0 saturated heterocycles. The molecule has 0 heterocycles. The number of carbonyl (C=O) groups excluding carboxylic acids is 1. The summed E-state index contributed by atoms with van der Waals surface area (Å²) < 4.78 is 22.2. The monoisotopic (exact) mass is 265 g/mol. The minimum absolute atomic E-state index is 0.194. The number of halogens is 1. The highest BCUT2D eigenvalue weighted by atomic mass is 35.5. The fourth-order valence-electron chi connectivity index (χ4n) is 1.05. The summed E-state index contributed by atoms with van der Waals surface area (Å²) in [5.74, 6) is -0.756. The number of hydrogen-bond acceptors (Lipinski definition) is 4. The molecule has 2 amide bonds. The molecule has 1 aromatic carbocycles. The van der Waals surface area contributed by atoms with Crippen LogP contribution in [0.2, 0.25) is 5.02 Å². The summed E-state index contributed by atoms with van der Waals surface area (Å²) in [6, 6.07) is 1.39. The van der Waals surface area contributed by atoms with Crippen molar-refractivity contribution in [3.63, 3.8) is 0 Å². The molecule has 7 nitrogen and oxygen atoms in total. The number of hydrogen-bond donors (Lipinski definition) is 4. The topological polar surface area (TPSA) is 136 Å². The van der Waals surface area contributed by atoms with Gasteiger partial charge in [-0.3, -0.25) is 0 Å². The van der Waals surface area contributed by atoms with Gasteiger partial charge in [0.05, 0.1) is 10.7 Å². The van der Waals surface area contributed by atoms with Crippen LogP contribution in [0.5, 0.6) is 5.75 Å². The minimum Gasteiger partial charge on any atom is -0.504 e. The first-order valence-electron chi connectivity index (χ1n) is 3.84. The van der Waals surface area contributed by atoms with E-state index in [9.17, 15) is 18.3 Å². The van der Waals surface area contributed by atoms with Crippen molar-refractivity contribution in [1.82, 2.24) is 0 Å². The third kappa shape index (κ3) is 2.54. The summed E-state index contributed by atoms with van der Waals surface area (Å²) in [6.45, 7) is 0. The molecule has 88 valence electrons. The van der Waals surface area contributed by atoms with Gasteiger partial charge in [-0.25, -0.2) is 18.4 Å². The maximum absolute atomic E-state index is 11.1. The van der Waals surface area contributed by atoms with Crippen LogP contribution in [-0.2, 0) is 10.0 Å². The molecule has 0 aliphatic carbocycles. The lowest BCUT2D eigenvalue weighted by atomic mass is 10.3. The first-order valence-corrected chi connectivity index (χ1v) is 5.76. The molecule has 0 bridgehead atoms. The summed E-state index contributed by atoms with van der Waals surface area (Å²) in [5.41, 5.74) is 4.62. The lowest BCUT2D eigenvalue weighted by Crippen LogP contribution is -2.20. The van der Waals surface area contributed by atoms with E-state index in [4.69, 9.17) is 22.5 Å². The summed E-state index contributed by atoms with van der Waals surface area (Å²) in [4.78, 5) is 9.89. The van der Waals surface area contributed by atoms with Crippen LogP contribution in [0.4, 0.5) is 10.5 Å². The Morgan fingerprint density at radius 3 is 2.44 bits per heavy atom. The average Bonchev–Trinajstić information content (AvgIpc) is 2.07. The number of phenols is 1. The summed E-state index contributed by atoms with van der Waals surface area (Å²) in [6.07, 6.45) is 0. The largest absolute Gasteiger partial charge is 0.504 e. The zero-order chi connectivity index (χ0) is 12.5. The fraction of sp³-hybridized carbons (Fsp3) is 0. The summed E-state index contributed by atoms with van der Waals surface area (Å²) >= 11 is 5.56. The van der Waals surface area contributed by atoms with E-state index in [2.05, 4.69) is 0 Å². The Morgan fingerprint density at radius 1 is 1.44 bits per heavy atom. The lowest BCUT2D eigenvalue weighted by molar-refractivity contribution is 0.259. The van der Waals surface area contributed by atoms with Crippen molar-refractivity contribution in [1.29, 1.82) is 0 Å². The second-order valence-electron chi connectivity index (χ2n) is 2.81. The molecular formula is C7H8ClN3O4S. The third-order valence-electron chi connectivity index (χ3n) is 1.63. The van der Waals surface area contributed by atoms with E-state index in [1.807, 2.05) is 5.32 Å². The van der Waals surface area contributed by atoms with Gasteiger partial charge in [-0.2, -0.15) is 0 Å². The summed E-state index contributed by atoms with van der Waals surface area (Å²) in [7, 11) is -4.20. The molecule has 0 unspecified atom stereocenters. The Balaban J connectivity index is 3.45. The first-order chi connectivity index (χ1) is 7.23. The Hall–Kier alpha value is -1.51. The number of aromatic hydroxyl groups is 1. The molecule has 0 atom stereocenters. The van der Waals surface area contributed by atoms with Gasteiger partial charge in [-0.05, 0) is 12.1 Å². The smallest absolute Gasteiger partial charge is 0.316 e. The summed E-state index contributed by atoms with van der Waals surface area (Å²) in [5, 5.41) is 16.2. The average molecular weight is 266 g/mol. The van der Waals surface area contributed by atoms with Crippen molar-refractivity contribution in [3.05, 3.63) is 17.2 Å². The second kappa shape index (κ2) is 4.16. The molecule has 16 heavy (non-hydrogen) atoms. The number of benzene rings is 1. The van der Waals surface area contributed by atoms with Gasteiger partial charge in [-0.15, -0.1) is 0 Å². The van der Waals surface area contributed by atoms with Gasteiger partial charge < -0.3 is 16.2 Å². The Bertz CT molecular complexity index is 543. The maximum Gasteiger partial charge on any atom is 0.316 e. The van der Waals surface area contributed by atoms with Gasteiger partial charge in [0.2, 0.25) is 10.0 Å². The molecule has 0 aliphatic heterocycles. The molecule has 0 aromatic heterocycles. The van der Waals surface area contributed by atoms with Crippen LogP contribution in [0.25, 0.3) is 0 Å². The Kier molecular flexibility index (Phi) is 3.27. The molecule has 1 aromatic rings. The number of rotatable bonds is 2. The SMILES string of the molecule is NC(=O)Nc1ccc(Cl)c(S(N)(=O)=O)c1O. The number of urea groups is 1. The van der Waals surface area contributed by atoms with Crippen LogP contribution in [0.15, 0.2) is 17.0 Å². The quantitative estimate of drug-likeness (QED) is 0.567. The van der Waals surface area contributed by atoms with E-state index in [-0.39, 0.29) is 10.7 Å². The Labute approximate surface area is 96.0 Å². The number of nitrogens with one attached hydrogen (secondary N) is 1. The standard InChI is InChI=1S/C7H8ClN3O4S/c8-3-1-2-4(11-7(9)13)5(12)6(3)16(10,14)15/h1-2,12H,(H3,9,11,13)(H2,10,14,15). The molecule has 1 rings (SSSR count). The van der Waals surface area contributed by atoms with Crippen LogP contribution in [0.3, 0.4) is 0 Å². The lowest BCUT2D eigenvalue weighted by Gasteiger charge is -2.09. The maximum atomic E-state index is 11.1. The molecule has 9 heteroatoms. The van der Waals surface area contributed by atoms with Gasteiger partial charge in [0.1, 0.15) is 4.90 Å². The number of amides is 2. The number of nitrogens with two attached hydrogens (primary N) is 2. The van der Waals surface area contributed by atoms with Crippen molar-refractivity contribution in [2.45, 2.75) is 4.90 Å². The number of phenolic OH excluding ortho intramolecular Hbond substituents is 1. The molecule has 6 N–H and O–H groups in total. The Morgan fingerprint density at radius 2 is 2.00 bits per heavy atom. The zero-order valence-electron chi connectivity index (χ0n) is 7.77. The molecular weight excluding hydrogens is 258 g/mol. The molecule has 0 saturated carbocycles. The van der Waals surface area contributed by atoms with Crippen molar-refractivity contribution < 1.29 is 18.3 Å². The highest BCUT2D eigenvalue weighted by molar-refractivity contribution is 7.89. The number of anilines is 1. The van der Waals surface area contributed by atoms with Crippen LogP contribution >= 0.6 is 11.6 Å². The van der Waals surface area contributed by atoms with E-state index < -0.39 is 26.7 Å². The number of carbonyl (C=O) groups is 1. The number of sulfonamides is 1. The molecule has 0 spiro atoms. The van der Waals surface area contributed by atoms with E-state index in [1.165, 1.54) is 6.07 Å². The van der Waals surface area contributed by atoms with Crippen molar-refractivity contribution in [2.75, 3.05) is 5.32 Å². The van der Waals surface area contributed by atoms with E-state index in [0.717, 1.165) is 6.07 Å². The molecule has 0 aliphatic rings. The highest BCUT2D eigenvalue weighted by Gasteiger charge is 2.21. The number of primary sulfonamides is 1. The van der Waals surface area contributed by atoms with Gasteiger partial charge in [0.15, 0.2) is 5.75 Å².